The molecule has 1 N–H and O–H groups in total. The Morgan fingerprint density at radius 3 is 2.67 bits per heavy atom. The largest absolute Gasteiger partial charge is 0.494 e. The van der Waals surface area contributed by atoms with Gasteiger partial charge in [0.05, 0.1) is 24.2 Å². The third kappa shape index (κ3) is 5.07. The average Bonchev–Trinajstić information content (AvgIpc) is 3.59. The molecule has 39 heavy (non-hydrogen) atoms. The second-order valence-electron chi connectivity index (χ2n) is 10.4. The zero-order valence-corrected chi connectivity index (χ0v) is 21.8. The van der Waals surface area contributed by atoms with Crippen molar-refractivity contribution >= 4 is 39.9 Å². The molecule has 206 valence electrons. The number of pyridine rings is 1. The van der Waals surface area contributed by atoms with Crippen LogP contribution in [0.25, 0.3) is 11.2 Å². The molecular weight excluding hydrogens is 508 g/mol. The first kappa shape index (κ1) is 25.7. The van der Waals surface area contributed by atoms with Crippen molar-refractivity contribution in [2.24, 2.45) is 5.92 Å². The molecule has 1 saturated carbocycles. The number of rotatable bonds is 9. The average molecular weight is 540 g/mol. The lowest BCUT2D eigenvalue weighted by atomic mass is 10.1. The monoisotopic (exact) mass is 539 g/mol. The molecule has 6 rings (SSSR count). The van der Waals surface area contributed by atoms with Gasteiger partial charge < -0.3 is 19.7 Å². The molecule has 1 unspecified atom stereocenters. The summed E-state index contributed by atoms with van der Waals surface area (Å²) in [5, 5.41) is 3.30. The summed E-state index contributed by atoms with van der Waals surface area (Å²) in [5.74, 6) is 0.278. The molecule has 1 amide bonds. The zero-order chi connectivity index (χ0) is 27.1. The number of nitrogens with one attached hydrogen (secondary N) is 1. The van der Waals surface area contributed by atoms with Gasteiger partial charge in [0, 0.05) is 43.7 Å². The van der Waals surface area contributed by atoms with Gasteiger partial charge in [-0.05, 0) is 56.7 Å². The van der Waals surface area contributed by atoms with E-state index in [0.717, 1.165) is 37.8 Å². The second kappa shape index (κ2) is 10.5. The highest BCUT2D eigenvalue weighted by Crippen LogP contribution is 2.39. The maximum absolute atomic E-state index is 14.3. The van der Waals surface area contributed by atoms with Crippen LogP contribution in [0.2, 0.25) is 0 Å². The van der Waals surface area contributed by atoms with E-state index in [0.29, 0.717) is 48.8 Å². The van der Waals surface area contributed by atoms with Gasteiger partial charge in [-0.25, -0.2) is 18.7 Å². The maximum atomic E-state index is 14.3. The Morgan fingerprint density at radius 1 is 1.15 bits per heavy atom. The molecule has 3 aliphatic rings. The molecule has 2 aromatic heterocycles. The van der Waals surface area contributed by atoms with Crippen molar-refractivity contribution in [3.63, 3.8) is 0 Å². The Labute approximate surface area is 224 Å². The predicted octanol–water partition coefficient (Wildman–Crippen LogP) is 5.47. The minimum Gasteiger partial charge on any atom is -0.494 e. The number of aromatic nitrogens is 3. The number of hydrogen-bond donors (Lipinski definition) is 1. The number of alkyl halides is 2. The van der Waals surface area contributed by atoms with Crippen LogP contribution in [-0.4, -0.2) is 46.5 Å². The van der Waals surface area contributed by atoms with Crippen LogP contribution in [-0.2, 0) is 20.7 Å². The van der Waals surface area contributed by atoms with Crippen LogP contribution in [0.15, 0.2) is 24.3 Å². The van der Waals surface area contributed by atoms with Crippen LogP contribution < -0.4 is 15.0 Å². The Kier molecular flexibility index (Phi) is 6.92. The number of Topliss-reactive ketones (excluding diaryl/α,β-unsaturated/α-hetero) is 1. The Morgan fingerprint density at radius 2 is 2.00 bits per heavy atom. The highest BCUT2D eigenvalue weighted by atomic mass is 19.3. The topological polar surface area (TPSA) is 98.6 Å². The molecule has 0 spiro atoms. The van der Waals surface area contributed by atoms with Crippen molar-refractivity contribution in [2.75, 3.05) is 30.5 Å². The van der Waals surface area contributed by atoms with Gasteiger partial charge in [0.2, 0.25) is 5.91 Å². The number of ketones is 1. The van der Waals surface area contributed by atoms with Crippen molar-refractivity contribution in [3.8, 4) is 5.75 Å². The van der Waals surface area contributed by atoms with Crippen LogP contribution in [0.4, 0.5) is 25.8 Å². The van der Waals surface area contributed by atoms with E-state index in [1.807, 2.05) is 6.07 Å². The lowest BCUT2D eigenvalue weighted by Gasteiger charge is -2.25. The number of fused-ring (bicyclic) bond motifs is 1. The Bertz CT molecular complexity index is 1410. The Balaban J connectivity index is 1.44. The van der Waals surface area contributed by atoms with E-state index in [-0.39, 0.29) is 35.2 Å². The van der Waals surface area contributed by atoms with Crippen molar-refractivity contribution in [3.05, 3.63) is 35.8 Å². The number of carbonyl (C=O) groups is 2. The van der Waals surface area contributed by atoms with Gasteiger partial charge in [-0.1, -0.05) is 0 Å². The molecule has 1 aromatic carbocycles. The lowest BCUT2D eigenvalue weighted by molar-refractivity contribution is -0.119. The van der Waals surface area contributed by atoms with Gasteiger partial charge in [-0.3, -0.25) is 14.2 Å². The van der Waals surface area contributed by atoms with Crippen LogP contribution >= 0.6 is 0 Å². The third-order valence-corrected chi connectivity index (χ3v) is 7.60. The minimum atomic E-state index is -2.83. The number of anilines is 3. The van der Waals surface area contributed by atoms with E-state index in [2.05, 4.69) is 15.3 Å². The first-order valence-corrected chi connectivity index (χ1v) is 13.5. The summed E-state index contributed by atoms with van der Waals surface area (Å²) >= 11 is 0. The normalized spacial score (nSPS) is 19.7. The van der Waals surface area contributed by atoms with E-state index in [1.54, 1.807) is 23.1 Å². The fraction of sp³-hybridized carbons (Fsp3) is 0.500. The summed E-state index contributed by atoms with van der Waals surface area (Å²) in [6.07, 6.45) is 2.04. The van der Waals surface area contributed by atoms with Crippen LogP contribution in [0.3, 0.4) is 0 Å². The minimum absolute atomic E-state index is 0.0445. The SMILES string of the molecule is COc1cc(N2CCCC2=O)ccc1Nc1cc(CC(=O)C2CC2)nc2c1nc(C(F)F)n2C1CCCCO1. The molecule has 2 saturated heterocycles. The fourth-order valence-corrected chi connectivity index (χ4v) is 5.43. The molecule has 3 fully saturated rings. The van der Waals surface area contributed by atoms with Gasteiger partial charge in [0.25, 0.3) is 6.43 Å². The molecule has 4 heterocycles. The summed E-state index contributed by atoms with van der Waals surface area (Å²) in [5.41, 5.74) is 2.76. The molecule has 1 aliphatic carbocycles. The van der Waals surface area contributed by atoms with Crippen LogP contribution in [0.1, 0.15) is 69.1 Å². The number of imidazole rings is 1. The highest BCUT2D eigenvalue weighted by molar-refractivity contribution is 5.96. The highest BCUT2D eigenvalue weighted by Gasteiger charge is 2.32. The zero-order valence-electron chi connectivity index (χ0n) is 21.8. The summed E-state index contributed by atoms with van der Waals surface area (Å²) in [4.78, 5) is 35.7. The number of ether oxygens (including phenoxy) is 2. The molecular formula is C28H31F2N5O4. The number of methoxy groups -OCH3 is 1. The Hall–Kier alpha value is -3.60. The molecule has 0 bridgehead atoms. The van der Waals surface area contributed by atoms with Gasteiger partial charge in [0.1, 0.15) is 23.3 Å². The van der Waals surface area contributed by atoms with E-state index < -0.39 is 18.5 Å². The molecule has 3 aromatic rings. The van der Waals surface area contributed by atoms with E-state index in [9.17, 15) is 18.4 Å². The molecule has 11 heteroatoms. The van der Waals surface area contributed by atoms with E-state index in [4.69, 9.17) is 9.47 Å². The van der Waals surface area contributed by atoms with Gasteiger partial charge >= 0.3 is 0 Å². The van der Waals surface area contributed by atoms with Crippen LogP contribution in [0.5, 0.6) is 5.75 Å². The van der Waals surface area contributed by atoms with Gasteiger partial charge in [-0.15, -0.1) is 0 Å². The summed E-state index contributed by atoms with van der Waals surface area (Å²) in [7, 11) is 1.53. The molecule has 2 aliphatic heterocycles. The van der Waals surface area contributed by atoms with E-state index in [1.165, 1.54) is 11.7 Å². The lowest BCUT2D eigenvalue weighted by Crippen LogP contribution is -2.23. The molecule has 0 radical (unpaired) electrons. The van der Waals surface area contributed by atoms with Crippen molar-refractivity contribution in [2.45, 2.75) is 64.0 Å². The standard InChI is InChI=1S/C28H31F2N5O4/c1-38-22-15-18(34-11-4-5-23(34)37)9-10-19(22)32-20-13-17(14-21(36)16-7-8-16)31-27-25(20)33-28(26(29)30)35(27)24-6-2-3-12-39-24/h9-10,13,15-16,24,26H,2-8,11-12,14H2,1H3,(H,31,32). The van der Waals surface area contributed by atoms with Crippen LogP contribution in [0, 0.1) is 5.92 Å². The maximum Gasteiger partial charge on any atom is 0.295 e. The number of carbonyl (C=O) groups excluding carboxylic acids is 2. The predicted molar refractivity (Wildman–Crippen MR) is 141 cm³/mol. The summed E-state index contributed by atoms with van der Waals surface area (Å²) < 4.78 is 41.4. The number of halogens is 2. The fourth-order valence-electron chi connectivity index (χ4n) is 5.43. The van der Waals surface area contributed by atoms with Gasteiger partial charge in [-0.2, -0.15) is 0 Å². The number of amides is 1. The number of nitrogens with zero attached hydrogens (tertiary/aromatic N) is 4. The summed E-state index contributed by atoms with van der Waals surface area (Å²) in [6, 6.07) is 7.09. The van der Waals surface area contributed by atoms with Crippen molar-refractivity contribution < 1.29 is 27.8 Å². The molecule has 9 nitrogen and oxygen atoms in total. The third-order valence-electron chi connectivity index (χ3n) is 7.60. The van der Waals surface area contributed by atoms with Crippen molar-refractivity contribution in [1.82, 2.24) is 14.5 Å². The van der Waals surface area contributed by atoms with Crippen molar-refractivity contribution in [1.29, 1.82) is 0 Å². The number of hydrogen-bond acceptors (Lipinski definition) is 7. The number of benzene rings is 1. The first-order chi connectivity index (χ1) is 18.9. The molecule has 1 atom stereocenters. The first-order valence-electron chi connectivity index (χ1n) is 13.5. The second-order valence-corrected chi connectivity index (χ2v) is 10.4. The van der Waals surface area contributed by atoms with Gasteiger partial charge in [0.15, 0.2) is 11.5 Å². The van der Waals surface area contributed by atoms with E-state index >= 15 is 0 Å². The quantitative estimate of drug-likeness (QED) is 0.385. The summed E-state index contributed by atoms with van der Waals surface area (Å²) in [6.45, 7) is 1.12. The smallest absolute Gasteiger partial charge is 0.295 e.